The Labute approximate surface area is 74.9 Å². The number of hydrogen-bond donors (Lipinski definition) is 1. The summed E-state index contributed by atoms with van der Waals surface area (Å²) in [6, 6.07) is 1.84. The maximum Gasteiger partial charge on any atom is 0.0101 e. The summed E-state index contributed by atoms with van der Waals surface area (Å²) in [5, 5.41) is 3.85. The highest BCUT2D eigenvalue weighted by atomic mass is 15.0. The van der Waals surface area contributed by atoms with Gasteiger partial charge in [0.2, 0.25) is 0 Å². The smallest absolute Gasteiger partial charge is 0.0101 e. The predicted octanol–water partition coefficient (Wildman–Crippen LogP) is 2.32. The second kappa shape index (κ2) is 2.73. The number of rotatable bonds is 2. The molecule has 3 saturated carbocycles. The first-order valence-electron chi connectivity index (χ1n) is 5.68. The lowest BCUT2D eigenvalue weighted by Crippen LogP contribution is -2.44. The maximum absolute atomic E-state index is 3.85. The summed E-state index contributed by atoms with van der Waals surface area (Å²) in [7, 11) is 0. The summed E-state index contributed by atoms with van der Waals surface area (Å²) in [4.78, 5) is 0. The molecule has 1 N–H and O–H groups in total. The summed E-state index contributed by atoms with van der Waals surface area (Å²) >= 11 is 0. The van der Waals surface area contributed by atoms with Crippen molar-refractivity contribution in [3.63, 3.8) is 0 Å². The van der Waals surface area contributed by atoms with Crippen LogP contribution in [0.15, 0.2) is 0 Å². The molecule has 0 aromatic rings. The number of fused-ring (bicyclic) bond motifs is 2. The fourth-order valence-corrected chi connectivity index (χ4v) is 3.33. The Morgan fingerprint density at radius 3 is 2.33 bits per heavy atom. The Bertz CT molecular complexity index is 174. The van der Waals surface area contributed by atoms with E-state index < -0.39 is 0 Å². The lowest BCUT2D eigenvalue weighted by Gasteiger charge is -2.33. The van der Waals surface area contributed by atoms with E-state index in [1.807, 2.05) is 0 Å². The molecule has 3 atom stereocenters. The van der Waals surface area contributed by atoms with Gasteiger partial charge in [-0.3, -0.25) is 0 Å². The third-order valence-electron chi connectivity index (χ3n) is 4.29. The van der Waals surface area contributed by atoms with Crippen molar-refractivity contribution in [3.05, 3.63) is 0 Å². The minimum Gasteiger partial charge on any atom is -0.311 e. The molecule has 3 fully saturated rings. The third-order valence-corrected chi connectivity index (χ3v) is 4.29. The Balaban J connectivity index is 1.56. The van der Waals surface area contributed by atoms with Gasteiger partial charge >= 0.3 is 0 Å². The fourth-order valence-electron chi connectivity index (χ4n) is 3.33. The molecular formula is C11H19N. The van der Waals surface area contributed by atoms with E-state index in [1.54, 1.807) is 6.42 Å². The van der Waals surface area contributed by atoms with E-state index in [0.717, 1.165) is 23.9 Å². The molecule has 3 aliphatic rings. The summed E-state index contributed by atoms with van der Waals surface area (Å²) in [6.45, 7) is 0. The first-order chi connectivity index (χ1) is 5.92. The van der Waals surface area contributed by atoms with Gasteiger partial charge in [-0.25, -0.2) is 0 Å². The van der Waals surface area contributed by atoms with E-state index in [4.69, 9.17) is 0 Å². The van der Waals surface area contributed by atoms with Crippen molar-refractivity contribution in [2.75, 3.05) is 0 Å². The molecule has 1 nitrogen and oxygen atoms in total. The first kappa shape index (κ1) is 7.37. The first-order valence-corrected chi connectivity index (χ1v) is 5.68. The van der Waals surface area contributed by atoms with Gasteiger partial charge in [0.05, 0.1) is 0 Å². The molecule has 0 saturated heterocycles. The molecular weight excluding hydrogens is 146 g/mol. The van der Waals surface area contributed by atoms with E-state index in [2.05, 4.69) is 5.32 Å². The average Bonchev–Trinajstić information content (AvgIpc) is 2.56. The normalized spacial score (nSPS) is 46.5. The molecule has 3 rings (SSSR count). The molecule has 0 aliphatic heterocycles. The maximum atomic E-state index is 3.85. The van der Waals surface area contributed by atoms with Gasteiger partial charge in [0.25, 0.3) is 0 Å². The van der Waals surface area contributed by atoms with Crippen molar-refractivity contribution in [2.45, 2.75) is 57.0 Å². The van der Waals surface area contributed by atoms with Crippen LogP contribution in [-0.4, -0.2) is 12.1 Å². The Hall–Kier alpha value is -0.0400. The molecule has 0 spiro atoms. The highest BCUT2D eigenvalue weighted by molar-refractivity contribution is 4.96. The molecule has 3 aliphatic carbocycles. The van der Waals surface area contributed by atoms with Crippen molar-refractivity contribution in [2.24, 2.45) is 11.8 Å². The number of nitrogens with one attached hydrogen (secondary N) is 1. The minimum absolute atomic E-state index is 0.911. The van der Waals surface area contributed by atoms with E-state index in [1.165, 1.54) is 38.5 Å². The van der Waals surface area contributed by atoms with Crippen LogP contribution in [-0.2, 0) is 0 Å². The summed E-state index contributed by atoms with van der Waals surface area (Å²) < 4.78 is 0. The average molecular weight is 165 g/mol. The molecule has 0 heterocycles. The molecule has 0 amide bonds. The van der Waals surface area contributed by atoms with Gasteiger partial charge in [-0.05, 0) is 43.9 Å². The lowest BCUT2D eigenvalue weighted by molar-refractivity contribution is 0.255. The topological polar surface area (TPSA) is 12.0 Å². The van der Waals surface area contributed by atoms with Crippen LogP contribution >= 0.6 is 0 Å². The minimum atomic E-state index is 0.911. The zero-order valence-corrected chi connectivity index (χ0v) is 7.76. The Morgan fingerprint density at radius 2 is 1.83 bits per heavy atom. The standard InChI is InChI=1S/C11H19N/c1-2-10(3-1)12-11-7-8-4-5-9(11)6-8/h8-12H,1-7H2. The molecule has 2 bridgehead atoms. The van der Waals surface area contributed by atoms with Gasteiger partial charge in [-0.1, -0.05) is 12.8 Å². The van der Waals surface area contributed by atoms with Crippen LogP contribution in [0.5, 0.6) is 0 Å². The highest BCUT2D eigenvalue weighted by Crippen LogP contribution is 2.45. The molecule has 0 aromatic carbocycles. The second-order valence-corrected chi connectivity index (χ2v) is 5.08. The quantitative estimate of drug-likeness (QED) is 0.662. The zero-order valence-electron chi connectivity index (χ0n) is 7.76. The van der Waals surface area contributed by atoms with Gasteiger partial charge in [-0.15, -0.1) is 0 Å². The van der Waals surface area contributed by atoms with Crippen LogP contribution in [0.3, 0.4) is 0 Å². The van der Waals surface area contributed by atoms with E-state index in [9.17, 15) is 0 Å². The van der Waals surface area contributed by atoms with Crippen molar-refractivity contribution < 1.29 is 0 Å². The predicted molar refractivity (Wildman–Crippen MR) is 50.0 cm³/mol. The van der Waals surface area contributed by atoms with E-state index >= 15 is 0 Å². The van der Waals surface area contributed by atoms with Crippen LogP contribution < -0.4 is 5.32 Å². The van der Waals surface area contributed by atoms with Crippen LogP contribution in [0.25, 0.3) is 0 Å². The molecule has 0 radical (unpaired) electrons. The van der Waals surface area contributed by atoms with Crippen LogP contribution in [0.4, 0.5) is 0 Å². The fraction of sp³-hybridized carbons (Fsp3) is 1.00. The van der Waals surface area contributed by atoms with Crippen LogP contribution in [0.2, 0.25) is 0 Å². The highest BCUT2D eigenvalue weighted by Gasteiger charge is 2.40. The SMILES string of the molecule is C1CC(NC2CC3CCC2C3)C1. The van der Waals surface area contributed by atoms with Gasteiger partial charge < -0.3 is 5.32 Å². The number of hydrogen-bond acceptors (Lipinski definition) is 1. The van der Waals surface area contributed by atoms with Crippen LogP contribution in [0, 0.1) is 11.8 Å². The largest absolute Gasteiger partial charge is 0.311 e. The Kier molecular flexibility index (Phi) is 1.68. The van der Waals surface area contributed by atoms with Crippen molar-refractivity contribution in [3.8, 4) is 0 Å². The van der Waals surface area contributed by atoms with Gasteiger partial charge in [0.1, 0.15) is 0 Å². The molecule has 12 heavy (non-hydrogen) atoms. The zero-order chi connectivity index (χ0) is 7.97. The Morgan fingerprint density at radius 1 is 0.917 bits per heavy atom. The van der Waals surface area contributed by atoms with Crippen molar-refractivity contribution in [1.29, 1.82) is 0 Å². The van der Waals surface area contributed by atoms with Gasteiger partial charge in [0, 0.05) is 12.1 Å². The van der Waals surface area contributed by atoms with Gasteiger partial charge in [0.15, 0.2) is 0 Å². The van der Waals surface area contributed by atoms with E-state index in [0.29, 0.717) is 0 Å². The second-order valence-electron chi connectivity index (χ2n) is 5.08. The third kappa shape index (κ3) is 1.10. The van der Waals surface area contributed by atoms with Crippen molar-refractivity contribution >= 4 is 0 Å². The van der Waals surface area contributed by atoms with E-state index in [-0.39, 0.29) is 0 Å². The summed E-state index contributed by atoms with van der Waals surface area (Å²) in [5.74, 6) is 2.17. The van der Waals surface area contributed by atoms with Gasteiger partial charge in [-0.2, -0.15) is 0 Å². The lowest BCUT2D eigenvalue weighted by atomic mass is 9.89. The van der Waals surface area contributed by atoms with Crippen molar-refractivity contribution in [1.82, 2.24) is 5.32 Å². The summed E-state index contributed by atoms with van der Waals surface area (Å²) in [6.07, 6.45) is 10.5. The molecule has 1 heteroatoms. The summed E-state index contributed by atoms with van der Waals surface area (Å²) in [5.41, 5.74) is 0. The van der Waals surface area contributed by atoms with Crippen LogP contribution in [0.1, 0.15) is 44.9 Å². The molecule has 0 aromatic heterocycles. The molecule has 3 unspecified atom stereocenters. The monoisotopic (exact) mass is 165 g/mol. The molecule has 68 valence electrons.